The van der Waals surface area contributed by atoms with Crippen LogP contribution in [0.5, 0.6) is 5.75 Å². The molecule has 0 bridgehead atoms. The second-order valence-corrected chi connectivity index (χ2v) is 4.31. The molecule has 1 fully saturated rings. The lowest BCUT2D eigenvalue weighted by Gasteiger charge is -2.11. The zero-order chi connectivity index (χ0) is 11.0. The predicted octanol–water partition coefficient (Wildman–Crippen LogP) is 3.43. The molecule has 0 amide bonds. The fourth-order valence-corrected chi connectivity index (χ4v) is 2.10. The van der Waals surface area contributed by atoms with E-state index in [4.69, 9.17) is 16.3 Å². The van der Waals surface area contributed by atoms with Crippen LogP contribution >= 0.6 is 11.6 Å². The zero-order valence-electron chi connectivity index (χ0n) is 8.84. The molecule has 0 aromatic heterocycles. The van der Waals surface area contributed by atoms with Crippen LogP contribution < -0.4 is 4.74 Å². The number of ether oxygens (including phenoxy) is 1. The van der Waals surface area contributed by atoms with Gasteiger partial charge in [-0.25, -0.2) is 0 Å². The normalized spacial score (nSPS) is 15.1. The molecule has 2 nitrogen and oxygen atoms in total. The number of ketones is 1. The molecule has 0 saturated heterocycles. The highest BCUT2D eigenvalue weighted by molar-refractivity contribution is 6.32. The van der Waals surface area contributed by atoms with Gasteiger partial charge in [0.05, 0.1) is 7.11 Å². The quantitative estimate of drug-likeness (QED) is 0.736. The molecule has 0 atom stereocenters. The van der Waals surface area contributed by atoms with Crippen molar-refractivity contribution in [3.05, 3.63) is 28.3 Å². The highest BCUT2D eigenvalue weighted by atomic mass is 35.5. The molecule has 80 valence electrons. The molecule has 1 aromatic carbocycles. The van der Waals surface area contributed by atoms with Gasteiger partial charge in [0.25, 0.3) is 0 Å². The van der Waals surface area contributed by atoms with Gasteiger partial charge in [-0.2, -0.15) is 0 Å². The Balaban J connectivity index is 2.51. The molecule has 0 heterocycles. The third kappa shape index (κ3) is 2.00. The Bertz CT molecular complexity index is 408. The van der Waals surface area contributed by atoms with E-state index in [2.05, 4.69) is 0 Å². The van der Waals surface area contributed by atoms with E-state index in [0.717, 1.165) is 24.2 Å². The van der Waals surface area contributed by atoms with Gasteiger partial charge in [0.1, 0.15) is 5.75 Å². The Morgan fingerprint density at radius 2 is 2.13 bits per heavy atom. The van der Waals surface area contributed by atoms with Crippen molar-refractivity contribution in [2.45, 2.75) is 25.7 Å². The summed E-state index contributed by atoms with van der Waals surface area (Å²) < 4.78 is 5.28. The number of carbonyl (C=O) groups is 1. The number of carbonyl (C=O) groups excluding carboxylic acids is 1. The molecule has 0 N–H and O–H groups in total. The number of hydrogen-bond acceptors (Lipinski definition) is 2. The smallest absolute Gasteiger partial charge is 0.159 e. The first-order valence-corrected chi connectivity index (χ1v) is 5.39. The SMILES string of the molecule is COc1cc(C(C)=O)cc(Cl)c1C1CC1. The minimum Gasteiger partial charge on any atom is -0.496 e. The van der Waals surface area contributed by atoms with Crippen LogP contribution in [-0.4, -0.2) is 12.9 Å². The molecule has 0 aliphatic heterocycles. The van der Waals surface area contributed by atoms with E-state index in [-0.39, 0.29) is 5.78 Å². The first-order chi connectivity index (χ1) is 7.13. The van der Waals surface area contributed by atoms with Gasteiger partial charge in [0, 0.05) is 16.1 Å². The highest BCUT2D eigenvalue weighted by Crippen LogP contribution is 2.47. The average molecular weight is 225 g/mol. The Hall–Kier alpha value is -1.02. The Labute approximate surface area is 94.2 Å². The largest absolute Gasteiger partial charge is 0.496 e. The molecule has 1 aromatic rings. The maximum Gasteiger partial charge on any atom is 0.159 e. The Morgan fingerprint density at radius 1 is 1.47 bits per heavy atom. The van der Waals surface area contributed by atoms with Gasteiger partial charge in [0.15, 0.2) is 5.78 Å². The monoisotopic (exact) mass is 224 g/mol. The summed E-state index contributed by atoms with van der Waals surface area (Å²) >= 11 is 6.16. The maximum absolute atomic E-state index is 11.2. The summed E-state index contributed by atoms with van der Waals surface area (Å²) in [4.78, 5) is 11.2. The third-order valence-corrected chi connectivity index (χ3v) is 3.02. The molecule has 1 aliphatic carbocycles. The number of benzene rings is 1. The third-order valence-electron chi connectivity index (χ3n) is 2.70. The van der Waals surface area contributed by atoms with Gasteiger partial charge in [-0.05, 0) is 37.8 Å². The maximum atomic E-state index is 11.2. The molecule has 0 spiro atoms. The molecular weight excluding hydrogens is 212 g/mol. The number of hydrogen-bond donors (Lipinski definition) is 0. The van der Waals surface area contributed by atoms with Crippen molar-refractivity contribution in [3.8, 4) is 5.75 Å². The lowest BCUT2D eigenvalue weighted by atomic mass is 10.0. The van der Waals surface area contributed by atoms with E-state index in [1.54, 1.807) is 19.2 Å². The van der Waals surface area contributed by atoms with Crippen LogP contribution in [0.25, 0.3) is 0 Å². The summed E-state index contributed by atoms with van der Waals surface area (Å²) in [6, 6.07) is 3.52. The van der Waals surface area contributed by atoms with Crippen molar-refractivity contribution in [1.29, 1.82) is 0 Å². The van der Waals surface area contributed by atoms with E-state index in [9.17, 15) is 4.79 Å². The summed E-state index contributed by atoms with van der Waals surface area (Å²) in [5.41, 5.74) is 1.67. The van der Waals surface area contributed by atoms with Gasteiger partial charge in [-0.3, -0.25) is 4.79 Å². The number of Topliss-reactive ketones (excluding diaryl/α,β-unsaturated/α-hetero) is 1. The fraction of sp³-hybridized carbons (Fsp3) is 0.417. The van der Waals surface area contributed by atoms with Crippen molar-refractivity contribution in [2.24, 2.45) is 0 Å². The first-order valence-electron chi connectivity index (χ1n) is 5.02. The van der Waals surface area contributed by atoms with Crippen LogP contribution in [-0.2, 0) is 0 Å². The van der Waals surface area contributed by atoms with E-state index in [1.807, 2.05) is 0 Å². The molecule has 1 aliphatic rings. The fourth-order valence-electron chi connectivity index (χ4n) is 1.73. The molecule has 1 saturated carbocycles. The second kappa shape index (κ2) is 3.86. The summed E-state index contributed by atoms with van der Waals surface area (Å²) in [6.07, 6.45) is 2.32. The van der Waals surface area contributed by atoms with Crippen molar-refractivity contribution in [2.75, 3.05) is 7.11 Å². The van der Waals surface area contributed by atoms with Crippen LogP contribution in [0, 0.1) is 0 Å². The van der Waals surface area contributed by atoms with Gasteiger partial charge >= 0.3 is 0 Å². The molecule has 2 rings (SSSR count). The van der Waals surface area contributed by atoms with Crippen molar-refractivity contribution in [3.63, 3.8) is 0 Å². The van der Waals surface area contributed by atoms with Crippen molar-refractivity contribution in [1.82, 2.24) is 0 Å². The highest BCUT2D eigenvalue weighted by Gasteiger charge is 2.29. The minimum atomic E-state index is 0.0116. The topological polar surface area (TPSA) is 26.3 Å². The Morgan fingerprint density at radius 3 is 2.60 bits per heavy atom. The van der Waals surface area contributed by atoms with Gasteiger partial charge in [-0.15, -0.1) is 0 Å². The number of rotatable bonds is 3. The van der Waals surface area contributed by atoms with E-state index < -0.39 is 0 Å². The molecular formula is C12H13ClO2. The summed E-state index contributed by atoms with van der Waals surface area (Å²) in [5.74, 6) is 1.28. The lowest BCUT2D eigenvalue weighted by Crippen LogP contribution is -1.98. The van der Waals surface area contributed by atoms with E-state index in [0.29, 0.717) is 16.5 Å². The molecule has 0 unspecified atom stereocenters. The van der Waals surface area contributed by atoms with Gasteiger partial charge in [-0.1, -0.05) is 11.6 Å². The van der Waals surface area contributed by atoms with Crippen molar-refractivity contribution >= 4 is 17.4 Å². The minimum absolute atomic E-state index is 0.0116. The van der Waals surface area contributed by atoms with Crippen LogP contribution in [0.15, 0.2) is 12.1 Å². The van der Waals surface area contributed by atoms with Crippen LogP contribution in [0.4, 0.5) is 0 Å². The van der Waals surface area contributed by atoms with Gasteiger partial charge < -0.3 is 4.74 Å². The zero-order valence-corrected chi connectivity index (χ0v) is 9.60. The number of methoxy groups -OCH3 is 1. The van der Waals surface area contributed by atoms with Crippen molar-refractivity contribution < 1.29 is 9.53 Å². The molecule has 3 heteroatoms. The molecule has 0 radical (unpaired) electrons. The van der Waals surface area contributed by atoms with E-state index >= 15 is 0 Å². The summed E-state index contributed by atoms with van der Waals surface area (Å²) in [5, 5.41) is 0.655. The summed E-state index contributed by atoms with van der Waals surface area (Å²) in [6.45, 7) is 1.53. The van der Waals surface area contributed by atoms with Crippen LogP contribution in [0.2, 0.25) is 5.02 Å². The second-order valence-electron chi connectivity index (χ2n) is 3.90. The van der Waals surface area contributed by atoms with Crippen LogP contribution in [0.3, 0.4) is 0 Å². The average Bonchev–Trinajstić information content (AvgIpc) is 2.99. The van der Waals surface area contributed by atoms with E-state index in [1.165, 1.54) is 6.92 Å². The number of halogens is 1. The summed E-state index contributed by atoms with van der Waals surface area (Å²) in [7, 11) is 1.61. The predicted molar refractivity (Wildman–Crippen MR) is 60.0 cm³/mol. The van der Waals surface area contributed by atoms with Gasteiger partial charge in [0.2, 0.25) is 0 Å². The standard InChI is InChI=1S/C12H13ClO2/c1-7(14)9-5-10(13)12(8-3-4-8)11(6-9)15-2/h5-6,8H,3-4H2,1-2H3. The molecule has 15 heavy (non-hydrogen) atoms. The Kier molecular flexibility index (Phi) is 2.70. The van der Waals surface area contributed by atoms with Crippen LogP contribution in [0.1, 0.15) is 41.6 Å². The lowest BCUT2D eigenvalue weighted by molar-refractivity contribution is 0.101. The first kappa shape index (κ1) is 10.5.